The maximum atomic E-state index is 5.47. The van der Waals surface area contributed by atoms with E-state index in [0.29, 0.717) is 5.89 Å². The van der Waals surface area contributed by atoms with Gasteiger partial charge in [-0.1, -0.05) is 49.0 Å². The molecular weight excluding hydrogens is 372 g/mol. The molecule has 1 unspecified atom stereocenters. The van der Waals surface area contributed by atoms with E-state index in [4.69, 9.17) is 4.52 Å². The molecule has 1 aromatic carbocycles. The standard InChI is InChI=1S/C20H26N6OS/c1-14(2)18-21-19(27-24-18)15(3)28-20-23-22-17(13-25-11-7-8-12-25)26(20)16-9-5-4-6-10-16/h4-6,9-10,14-15H,7-8,11-13H2,1-3H3. The fourth-order valence-electron chi connectivity index (χ4n) is 3.31. The summed E-state index contributed by atoms with van der Waals surface area (Å²) in [6, 6.07) is 10.3. The van der Waals surface area contributed by atoms with Gasteiger partial charge in [0.2, 0.25) is 5.89 Å². The van der Waals surface area contributed by atoms with Crippen molar-refractivity contribution < 1.29 is 4.52 Å². The second kappa shape index (κ2) is 8.45. The van der Waals surface area contributed by atoms with Gasteiger partial charge in [-0.3, -0.25) is 9.47 Å². The molecular formula is C20H26N6OS. The summed E-state index contributed by atoms with van der Waals surface area (Å²) < 4.78 is 7.62. The van der Waals surface area contributed by atoms with Gasteiger partial charge < -0.3 is 4.52 Å². The van der Waals surface area contributed by atoms with Gasteiger partial charge in [0.15, 0.2) is 16.8 Å². The van der Waals surface area contributed by atoms with Crippen molar-refractivity contribution in [2.75, 3.05) is 13.1 Å². The van der Waals surface area contributed by atoms with Gasteiger partial charge in [-0.05, 0) is 45.0 Å². The third-order valence-electron chi connectivity index (χ3n) is 4.88. The van der Waals surface area contributed by atoms with Crippen LogP contribution in [0.4, 0.5) is 0 Å². The Morgan fingerprint density at radius 1 is 1.07 bits per heavy atom. The molecule has 4 rings (SSSR count). The highest BCUT2D eigenvalue weighted by Gasteiger charge is 2.23. The van der Waals surface area contributed by atoms with Crippen LogP contribution in [0, 0.1) is 0 Å². The lowest BCUT2D eigenvalue weighted by Crippen LogP contribution is -2.21. The van der Waals surface area contributed by atoms with Crippen LogP contribution in [-0.4, -0.2) is 42.9 Å². The van der Waals surface area contributed by atoms with Crippen LogP contribution < -0.4 is 0 Å². The van der Waals surface area contributed by atoms with Gasteiger partial charge in [0, 0.05) is 11.6 Å². The van der Waals surface area contributed by atoms with Crippen molar-refractivity contribution in [3.63, 3.8) is 0 Å². The second-order valence-electron chi connectivity index (χ2n) is 7.46. The van der Waals surface area contributed by atoms with E-state index in [9.17, 15) is 0 Å². The first kappa shape index (κ1) is 19.1. The van der Waals surface area contributed by atoms with E-state index in [1.165, 1.54) is 12.8 Å². The molecule has 0 radical (unpaired) electrons. The van der Waals surface area contributed by atoms with Crippen LogP contribution in [0.25, 0.3) is 5.69 Å². The number of para-hydroxylation sites is 1. The number of rotatable bonds is 7. The van der Waals surface area contributed by atoms with Crippen molar-refractivity contribution in [2.45, 2.75) is 56.5 Å². The molecule has 3 heterocycles. The highest BCUT2D eigenvalue weighted by Crippen LogP contribution is 2.35. The third-order valence-corrected chi connectivity index (χ3v) is 5.91. The summed E-state index contributed by atoms with van der Waals surface area (Å²) in [6.07, 6.45) is 2.51. The van der Waals surface area contributed by atoms with Crippen LogP contribution in [0.5, 0.6) is 0 Å². The molecule has 0 N–H and O–H groups in total. The number of hydrogen-bond acceptors (Lipinski definition) is 7. The summed E-state index contributed by atoms with van der Waals surface area (Å²) in [6.45, 7) is 9.24. The van der Waals surface area contributed by atoms with Crippen LogP contribution in [0.1, 0.15) is 62.3 Å². The molecule has 1 fully saturated rings. The Kier molecular flexibility index (Phi) is 5.77. The van der Waals surface area contributed by atoms with Crippen LogP contribution in [-0.2, 0) is 6.54 Å². The minimum Gasteiger partial charge on any atom is -0.338 e. The maximum absolute atomic E-state index is 5.47. The van der Waals surface area contributed by atoms with Crippen LogP contribution in [0.3, 0.4) is 0 Å². The summed E-state index contributed by atoms with van der Waals surface area (Å²) in [5.41, 5.74) is 1.07. The number of hydrogen-bond donors (Lipinski definition) is 0. The monoisotopic (exact) mass is 398 g/mol. The van der Waals surface area contributed by atoms with Crippen molar-refractivity contribution in [2.24, 2.45) is 0 Å². The van der Waals surface area contributed by atoms with E-state index >= 15 is 0 Å². The zero-order valence-corrected chi connectivity index (χ0v) is 17.4. The summed E-state index contributed by atoms with van der Waals surface area (Å²) in [4.78, 5) is 6.97. The van der Waals surface area contributed by atoms with Crippen LogP contribution in [0.15, 0.2) is 40.0 Å². The summed E-state index contributed by atoms with van der Waals surface area (Å²) >= 11 is 1.60. The zero-order chi connectivity index (χ0) is 19.5. The Morgan fingerprint density at radius 2 is 1.82 bits per heavy atom. The number of thioether (sulfide) groups is 1. The molecule has 0 saturated carbocycles. The average molecular weight is 399 g/mol. The molecule has 148 valence electrons. The Balaban J connectivity index is 1.61. The van der Waals surface area contributed by atoms with Crippen molar-refractivity contribution in [1.29, 1.82) is 0 Å². The molecule has 7 nitrogen and oxygen atoms in total. The van der Waals surface area contributed by atoms with Gasteiger partial charge in [0.05, 0.1) is 11.8 Å². The first-order valence-electron chi connectivity index (χ1n) is 9.84. The van der Waals surface area contributed by atoms with Crippen molar-refractivity contribution in [1.82, 2.24) is 29.8 Å². The smallest absolute Gasteiger partial charge is 0.239 e. The molecule has 0 amide bonds. The largest absolute Gasteiger partial charge is 0.338 e. The first-order chi connectivity index (χ1) is 13.6. The Labute approximate surface area is 169 Å². The topological polar surface area (TPSA) is 72.9 Å². The number of nitrogens with zero attached hydrogens (tertiary/aromatic N) is 6. The van der Waals surface area contributed by atoms with E-state index in [0.717, 1.165) is 42.1 Å². The van der Waals surface area contributed by atoms with Gasteiger partial charge in [-0.2, -0.15) is 4.98 Å². The van der Waals surface area contributed by atoms with E-state index in [2.05, 4.69) is 62.7 Å². The lowest BCUT2D eigenvalue weighted by molar-refractivity contribution is 0.319. The average Bonchev–Trinajstić information content (AvgIpc) is 3.44. The highest BCUT2D eigenvalue weighted by atomic mass is 32.2. The minimum atomic E-state index is -0.00806. The second-order valence-corrected chi connectivity index (χ2v) is 8.77. The summed E-state index contributed by atoms with van der Waals surface area (Å²) in [7, 11) is 0. The normalized spacial score (nSPS) is 16.1. The maximum Gasteiger partial charge on any atom is 0.239 e. The molecule has 8 heteroatoms. The summed E-state index contributed by atoms with van der Waals surface area (Å²) in [5, 5.41) is 13.9. The molecule has 1 aliphatic rings. The highest BCUT2D eigenvalue weighted by molar-refractivity contribution is 7.99. The molecule has 1 atom stereocenters. The lowest BCUT2D eigenvalue weighted by Gasteiger charge is -2.16. The molecule has 0 aliphatic carbocycles. The Bertz CT molecular complexity index is 901. The number of benzene rings is 1. The predicted octanol–water partition coefficient (Wildman–Crippen LogP) is 4.22. The fourth-order valence-corrected chi connectivity index (χ4v) is 4.23. The summed E-state index contributed by atoms with van der Waals surface area (Å²) in [5.74, 6) is 2.57. The van der Waals surface area contributed by atoms with E-state index < -0.39 is 0 Å². The van der Waals surface area contributed by atoms with Gasteiger partial charge in [-0.25, -0.2) is 0 Å². The van der Waals surface area contributed by atoms with Crippen molar-refractivity contribution in [3.05, 3.63) is 47.9 Å². The SMILES string of the molecule is CC(C)c1noc(C(C)Sc2nnc(CN3CCCC3)n2-c2ccccc2)n1. The predicted molar refractivity (Wildman–Crippen MR) is 109 cm³/mol. The van der Waals surface area contributed by atoms with E-state index in [1.54, 1.807) is 11.8 Å². The molecule has 1 aliphatic heterocycles. The number of aromatic nitrogens is 5. The van der Waals surface area contributed by atoms with E-state index in [-0.39, 0.29) is 11.2 Å². The fraction of sp³-hybridized carbons (Fsp3) is 0.500. The number of likely N-dealkylation sites (tertiary alicyclic amines) is 1. The van der Waals surface area contributed by atoms with E-state index in [1.807, 2.05) is 18.2 Å². The van der Waals surface area contributed by atoms with Crippen LogP contribution in [0.2, 0.25) is 0 Å². The van der Waals surface area contributed by atoms with Crippen LogP contribution >= 0.6 is 11.8 Å². The Hall–Kier alpha value is -2.19. The van der Waals surface area contributed by atoms with Crippen molar-refractivity contribution >= 4 is 11.8 Å². The first-order valence-corrected chi connectivity index (χ1v) is 10.7. The van der Waals surface area contributed by atoms with Crippen molar-refractivity contribution in [3.8, 4) is 5.69 Å². The molecule has 28 heavy (non-hydrogen) atoms. The zero-order valence-electron chi connectivity index (χ0n) is 16.6. The minimum absolute atomic E-state index is 0.00806. The van der Waals surface area contributed by atoms with Gasteiger partial charge in [0.25, 0.3) is 0 Å². The van der Waals surface area contributed by atoms with Gasteiger partial charge in [0.1, 0.15) is 0 Å². The lowest BCUT2D eigenvalue weighted by atomic mass is 10.2. The van der Waals surface area contributed by atoms with Gasteiger partial charge in [-0.15, -0.1) is 10.2 Å². The molecule has 2 aromatic heterocycles. The quantitative estimate of drug-likeness (QED) is 0.552. The van der Waals surface area contributed by atoms with Gasteiger partial charge >= 0.3 is 0 Å². The molecule has 3 aromatic rings. The Morgan fingerprint density at radius 3 is 2.50 bits per heavy atom. The molecule has 0 spiro atoms. The molecule has 0 bridgehead atoms. The third kappa shape index (κ3) is 4.12. The molecule has 1 saturated heterocycles.